The number of aromatic nitrogens is 2. The topological polar surface area (TPSA) is 37.8 Å². The highest BCUT2D eigenvalue weighted by Gasteiger charge is 2.00. The molecule has 1 N–H and O–H groups in total. The third kappa shape index (κ3) is 3.39. The summed E-state index contributed by atoms with van der Waals surface area (Å²) in [4.78, 5) is 0. The van der Waals surface area contributed by atoms with E-state index in [1.54, 1.807) is 24.4 Å². The largest absolute Gasteiger partial charge is 0.383 e. The van der Waals surface area contributed by atoms with Gasteiger partial charge in [0.1, 0.15) is 5.82 Å². The van der Waals surface area contributed by atoms with Gasteiger partial charge in [0.15, 0.2) is 5.15 Å². The molecule has 0 unspecified atom stereocenters. The number of hydrogen-bond donors (Lipinski definition) is 1. The van der Waals surface area contributed by atoms with Gasteiger partial charge in [0.2, 0.25) is 0 Å². The molecular weight excluding hydrogens is 241 g/mol. The molecule has 0 aliphatic carbocycles. The zero-order chi connectivity index (χ0) is 12.1. The molecule has 17 heavy (non-hydrogen) atoms. The van der Waals surface area contributed by atoms with Gasteiger partial charge in [-0.25, -0.2) is 4.39 Å². The smallest absolute Gasteiger partial charge is 0.153 e. The summed E-state index contributed by atoms with van der Waals surface area (Å²) in [5.41, 5.74) is 1.47. The van der Waals surface area contributed by atoms with E-state index in [4.69, 9.17) is 11.6 Å². The molecule has 5 heteroatoms. The van der Waals surface area contributed by atoms with Crippen molar-refractivity contribution < 1.29 is 4.39 Å². The zero-order valence-corrected chi connectivity index (χ0v) is 9.78. The molecule has 1 aromatic heterocycles. The number of benzene rings is 1. The van der Waals surface area contributed by atoms with Gasteiger partial charge in [0, 0.05) is 12.6 Å². The van der Waals surface area contributed by atoms with Crippen LogP contribution in [-0.2, 0) is 6.42 Å². The van der Waals surface area contributed by atoms with E-state index < -0.39 is 0 Å². The van der Waals surface area contributed by atoms with Crippen LogP contribution < -0.4 is 5.32 Å². The van der Waals surface area contributed by atoms with Crippen molar-refractivity contribution in [2.24, 2.45) is 0 Å². The standard InChI is InChI=1S/C12H11ClFN3/c13-12-7-10(8-16-17-12)15-6-5-9-3-1-2-4-11(9)14/h1-4,7-8H,5-6H2,(H,15,17). The van der Waals surface area contributed by atoms with Gasteiger partial charge in [-0.05, 0) is 18.1 Å². The zero-order valence-electron chi connectivity index (χ0n) is 9.03. The lowest BCUT2D eigenvalue weighted by Crippen LogP contribution is -2.06. The fourth-order valence-electron chi connectivity index (χ4n) is 1.48. The Morgan fingerprint density at radius 2 is 2.12 bits per heavy atom. The summed E-state index contributed by atoms with van der Waals surface area (Å²) < 4.78 is 13.3. The number of nitrogens with zero attached hydrogens (tertiary/aromatic N) is 2. The Hall–Kier alpha value is -1.68. The quantitative estimate of drug-likeness (QED) is 0.908. The molecule has 2 aromatic rings. The Morgan fingerprint density at radius 1 is 1.29 bits per heavy atom. The van der Waals surface area contributed by atoms with Crippen molar-refractivity contribution in [3.63, 3.8) is 0 Å². The second-order valence-electron chi connectivity index (χ2n) is 3.54. The van der Waals surface area contributed by atoms with Crippen LogP contribution in [0, 0.1) is 5.82 Å². The van der Waals surface area contributed by atoms with E-state index in [-0.39, 0.29) is 5.82 Å². The average Bonchev–Trinajstić information content (AvgIpc) is 2.32. The lowest BCUT2D eigenvalue weighted by atomic mass is 10.1. The average molecular weight is 252 g/mol. The van der Waals surface area contributed by atoms with Crippen molar-refractivity contribution in [3.05, 3.63) is 53.1 Å². The van der Waals surface area contributed by atoms with E-state index in [1.165, 1.54) is 6.07 Å². The van der Waals surface area contributed by atoms with Crippen LogP contribution in [0.25, 0.3) is 0 Å². The molecular formula is C12H11ClFN3. The minimum Gasteiger partial charge on any atom is -0.383 e. The summed E-state index contributed by atoms with van der Waals surface area (Å²) in [6, 6.07) is 8.41. The third-order valence-corrected chi connectivity index (χ3v) is 2.49. The van der Waals surface area contributed by atoms with Crippen molar-refractivity contribution >= 4 is 17.3 Å². The lowest BCUT2D eigenvalue weighted by molar-refractivity contribution is 0.610. The normalized spacial score (nSPS) is 10.2. The predicted octanol–water partition coefficient (Wildman–Crippen LogP) is 2.92. The maximum atomic E-state index is 13.3. The predicted molar refractivity (Wildman–Crippen MR) is 65.6 cm³/mol. The number of nitrogens with one attached hydrogen (secondary N) is 1. The molecule has 2 rings (SSSR count). The van der Waals surface area contributed by atoms with E-state index >= 15 is 0 Å². The summed E-state index contributed by atoms with van der Waals surface area (Å²) >= 11 is 5.69. The third-order valence-electron chi connectivity index (χ3n) is 2.31. The monoisotopic (exact) mass is 251 g/mol. The van der Waals surface area contributed by atoms with Crippen molar-refractivity contribution in [3.8, 4) is 0 Å². The summed E-state index contributed by atoms with van der Waals surface area (Å²) in [6.45, 7) is 0.614. The number of anilines is 1. The fraction of sp³-hybridized carbons (Fsp3) is 0.167. The molecule has 0 radical (unpaired) electrons. The summed E-state index contributed by atoms with van der Waals surface area (Å²) in [7, 11) is 0. The second-order valence-corrected chi connectivity index (χ2v) is 3.92. The van der Waals surface area contributed by atoms with E-state index in [0.29, 0.717) is 23.7 Å². The minimum absolute atomic E-state index is 0.180. The molecule has 0 atom stereocenters. The first-order valence-corrected chi connectivity index (χ1v) is 5.59. The Morgan fingerprint density at radius 3 is 2.88 bits per heavy atom. The van der Waals surface area contributed by atoms with Gasteiger partial charge in [-0.15, -0.1) is 5.10 Å². The Kier molecular flexibility index (Phi) is 3.88. The molecule has 1 heterocycles. The molecule has 0 saturated carbocycles. The van der Waals surface area contributed by atoms with Crippen molar-refractivity contribution in [2.45, 2.75) is 6.42 Å². The molecule has 0 spiro atoms. The van der Waals surface area contributed by atoms with Crippen LogP contribution in [-0.4, -0.2) is 16.7 Å². The maximum Gasteiger partial charge on any atom is 0.153 e. The summed E-state index contributed by atoms with van der Waals surface area (Å²) in [5.74, 6) is -0.180. The first kappa shape index (κ1) is 11.8. The van der Waals surface area contributed by atoms with Crippen LogP contribution in [0.1, 0.15) is 5.56 Å². The highest BCUT2D eigenvalue weighted by Crippen LogP contribution is 2.11. The van der Waals surface area contributed by atoms with Gasteiger partial charge < -0.3 is 5.32 Å². The number of hydrogen-bond acceptors (Lipinski definition) is 3. The molecule has 88 valence electrons. The van der Waals surface area contributed by atoms with Crippen LogP contribution in [0.2, 0.25) is 5.15 Å². The Balaban J connectivity index is 1.90. The Bertz CT molecular complexity index is 505. The van der Waals surface area contributed by atoms with Gasteiger partial charge in [0.05, 0.1) is 11.9 Å². The molecule has 0 amide bonds. The summed E-state index contributed by atoms with van der Waals surface area (Å²) in [5, 5.41) is 10.8. The van der Waals surface area contributed by atoms with Crippen LogP contribution in [0.4, 0.5) is 10.1 Å². The van der Waals surface area contributed by atoms with Crippen molar-refractivity contribution in [1.29, 1.82) is 0 Å². The van der Waals surface area contributed by atoms with Gasteiger partial charge >= 0.3 is 0 Å². The van der Waals surface area contributed by atoms with Gasteiger partial charge in [-0.3, -0.25) is 0 Å². The van der Waals surface area contributed by atoms with Gasteiger partial charge in [0.25, 0.3) is 0 Å². The van der Waals surface area contributed by atoms with Gasteiger partial charge in [-0.1, -0.05) is 29.8 Å². The molecule has 0 bridgehead atoms. The van der Waals surface area contributed by atoms with Gasteiger partial charge in [-0.2, -0.15) is 5.10 Å². The fourth-order valence-corrected chi connectivity index (χ4v) is 1.64. The van der Waals surface area contributed by atoms with Crippen LogP contribution in [0.15, 0.2) is 36.5 Å². The number of halogens is 2. The highest BCUT2D eigenvalue weighted by molar-refractivity contribution is 6.29. The molecule has 3 nitrogen and oxygen atoms in total. The molecule has 1 aromatic carbocycles. The first-order valence-electron chi connectivity index (χ1n) is 5.21. The maximum absolute atomic E-state index is 13.3. The highest BCUT2D eigenvalue weighted by atomic mass is 35.5. The van der Waals surface area contributed by atoms with E-state index in [2.05, 4.69) is 15.5 Å². The van der Waals surface area contributed by atoms with E-state index in [9.17, 15) is 4.39 Å². The SMILES string of the molecule is Fc1ccccc1CCNc1cnnc(Cl)c1. The molecule has 0 fully saturated rings. The van der Waals surface area contributed by atoms with E-state index in [0.717, 1.165) is 5.69 Å². The Labute approximate surface area is 104 Å². The minimum atomic E-state index is -0.180. The summed E-state index contributed by atoms with van der Waals surface area (Å²) in [6.07, 6.45) is 2.18. The van der Waals surface area contributed by atoms with Crippen LogP contribution in [0.5, 0.6) is 0 Å². The first-order chi connectivity index (χ1) is 8.25. The second kappa shape index (κ2) is 5.59. The van der Waals surface area contributed by atoms with Crippen molar-refractivity contribution in [2.75, 3.05) is 11.9 Å². The van der Waals surface area contributed by atoms with E-state index in [1.807, 2.05) is 6.07 Å². The molecule has 0 saturated heterocycles. The number of rotatable bonds is 4. The van der Waals surface area contributed by atoms with Crippen LogP contribution >= 0.6 is 11.6 Å². The van der Waals surface area contributed by atoms with Crippen LogP contribution in [0.3, 0.4) is 0 Å². The lowest BCUT2D eigenvalue weighted by Gasteiger charge is -2.06. The molecule has 0 aliphatic heterocycles. The molecule has 0 aliphatic rings. The van der Waals surface area contributed by atoms with Crippen molar-refractivity contribution in [1.82, 2.24) is 10.2 Å².